The van der Waals surface area contributed by atoms with E-state index in [4.69, 9.17) is 19.5 Å². The van der Waals surface area contributed by atoms with E-state index in [0.717, 1.165) is 33.4 Å². The molecule has 0 saturated heterocycles. The van der Waals surface area contributed by atoms with Crippen molar-refractivity contribution >= 4 is 11.8 Å². The van der Waals surface area contributed by atoms with E-state index in [1.807, 2.05) is 36.4 Å². The maximum Gasteiger partial charge on any atom is 0.200 e. The van der Waals surface area contributed by atoms with Gasteiger partial charge in [0.1, 0.15) is 17.5 Å². The molecule has 0 unspecified atom stereocenters. The fourth-order valence-corrected chi connectivity index (χ4v) is 7.39. The van der Waals surface area contributed by atoms with Crippen LogP contribution in [0.3, 0.4) is 0 Å². The van der Waals surface area contributed by atoms with Gasteiger partial charge in [-0.3, -0.25) is 0 Å². The molecular formula is C45H38N2O2. The molecule has 8 rings (SSSR count). The summed E-state index contributed by atoms with van der Waals surface area (Å²) in [6.07, 6.45) is 0. The van der Waals surface area contributed by atoms with Gasteiger partial charge in [-0.2, -0.15) is 0 Å². The van der Waals surface area contributed by atoms with E-state index in [1.165, 1.54) is 0 Å². The molecule has 0 fully saturated rings. The lowest BCUT2D eigenvalue weighted by Gasteiger charge is -2.38. The topological polar surface area (TPSA) is 43.2 Å². The third-order valence-electron chi connectivity index (χ3n) is 9.89. The van der Waals surface area contributed by atoms with Crippen LogP contribution in [0.1, 0.15) is 59.3 Å². The van der Waals surface area contributed by atoms with Crippen LogP contribution in [0.15, 0.2) is 192 Å². The van der Waals surface area contributed by atoms with E-state index in [9.17, 15) is 0 Å². The minimum atomic E-state index is -0.912. The van der Waals surface area contributed by atoms with Gasteiger partial charge in [-0.1, -0.05) is 182 Å². The highest BCUT2D eigenvalue weighted by Gasteiger charge is 2.58. The zero-order chi connectivity index (χ0) is 33.3. The smallest absolute Gasteiger partial charge is 0.200 e. The molecule has 2 heterocycles. The number of hydrogen-bond acceptors (Lipinski definition) is 4. The van der Waals surface area contributed by atoms with Crippen molar-refractivity contribution in [3.63, 3.8) is 0 Å². The van der Waals surface area contributed by atoms with Gasteiger partial charge in [0, 0.05) is 22.3 Å². The second-order valence-electron chi connectivity index (χ2n) is 13.3. The van der Waals surface area contributed by atoms with Crippen molar-refractivity contribution in [3.8, 4) is 0 Å². The van der Waals surface area contributed by atoms with E-state index in [2.05, 4.69) is 159 Å². The van der Waals surface area contributed by atoms with E-state index in [0.29, 0.717) is 11.8 Å². The molecule has 0 N–H and O–H groups in total. The van der Waals surface area contributed by atoms with E-state index in [1.54, 1.807) is 0 Å². The molecule has 0 saturated carbocycles. The summed E-state index contributed by atoms with van der Waals surface area (Å²) in [7, 11) is 0. The molecule has 6 aromatic carbocycles. The number of aliphatic imine (C=N–C) groups is 2. The predicted molar refractivity (Wildman–Crippen MR) is 197 cm³/mol. The van der Waals surface area contributed by atoms with Crippen molar-refractivity contribution in [1.29, 1.82) is 0 Å². The van der Waals surface area contributed by atoms with E-state index < -0.39 is 16.6 Å². The Morgan fingerprint density at radius 2 is 0.633 bits per heavy atom. The Hall–Kier alpha value is -5.74. The number of hydrogen-bond donors (Lipinski definition) is 0. The monoisotopic (exact) mass is 638 g/mol. The molecule has 2 aliphatic heterocycles. The van der Waals surface area contributed by atoms with Crippen LogP contribution in [0.2, 0.25) is 0 Å². The van der Waals surface area contributed by atoms with Crippen molar-refractivity contribution < 1.29 is 9.47 Å². The Bertz CT molecular complexity index is 1850. The minimum Gasteiger partial charge on any atom is -0.461 e. The molecule has 0 aliphatic carbocycles. The number of nitrogens with zero attached hydrogens (tertiary/aromatic N) is 2. The lowest BCUT2D eigenvalue weighted by Crippen LogP contribution is -2.42. The molecular weight excluding hydrogens is 601 g/mol. The maximum atomic E-state index is 7.38. The van der Waals surface area contributed by atoms with Gasteiger partial charge in [0.15, 0.2) is 11.2 Å². The summed E-state index contributed by atoms with van der Waals surface area (Å²) >= 11 is 0. The summed E-state index contributed by atoms with van der Waals surface area (Å²) in [4.78, 5) is 11.0. The van der Waals surface area contributed by atoms with Crippen LogP contribution in [0.4, 0.5) is 0 Å². The Balaban J connectivity index is 1.31. The lowest BCUT2D eigenvalue weighted by molar-refractivity contribution is 0.0732. The highest BCUT2D eigenvalue weighted by molar-refractivity contribution is 6.06. The second-order valence-corrected chi connectivity index (χ2v) is 13.3. The summed E-state index contributed by atoms with van der Waals surface area (Å²) < 4.78 is 14.8. The number of ether oxygens (including phenoxy) is 2. The average molecular weight is 639 g/mol. The maximum absolute atomic E-state index is 7.38. The Labute approximate surface area is 288 Å². The van der Waals surface area contributed by atoms with Crippen molar-refractivity contribution in [3.05, 3.63) is 215 Å². The fraction of sp³-hybridized carbons (Fsp3) is 0.156. The van der Waals surface area contributed by atoms with Crippen molar-refractivity contribution in [2.75, 3.05) is 0 Å². The molecule has 4 heteroatoms. The zero-order valence-corrected chi connectivity index (χ0v) is 27.7. The summed E-state index contributed by atoms with van der Waals surface area (Å²) in [5.41, 5.74) is 3.60. The summed E-state index contributed by atoms with van der Waals surface area (Å²) in [5.74, 6) is 1.16. The van der Waals surface area contributed by atoms with Crippen LogP contribution in [0, 0.1) is 5.41 Å². The van der Waals surface area contributed by atoms with Gasteiger partial charge in [-0.05, 0) is 25.0 Å². The number of benzene rings is 6. The van der Waals surface area contributed by atoms with Crippen LogP contribution in [-0.2, 0) is 20.7 Å². The van der Waals surface area contributed by atoms with Gasteiger partial charge in [0.2, 0.25) is 11.8 Å². The molecule has 0 spiro atoms. The molecule has 0 aromatic heterocycles. The van der Waals surface area contributed by atoms with Gasteiger partial charge in [-0.25, -0.2) is 9.98 Å². The van der Waals surface area contributed by atoms with Crippen molar-refractivity contribution in [2.45, 2.75) is 37.1 Å². The van der Waals surface area contributed by atoms with Gasteiger partial charge < -0.3 is 9.47 Å². The van der Waals surface area contributed by atoms with Crippen molar-refractivity contribution in [1.82, 2.24) is 0 Å². The van der Waals surface area contributed by atoms with Gasteiger partial charge >= 0.3 is 0 Å². The summed E-state index contributed by atoms with van der Waals surface area (Å²) in [6.45, 7) is 4.24. The molecule has 0 radical (unpaired) electrons. The summed E-state index contributed by atoms with van der Waals surface area (Å²) in [5, 5.41) is 0. The zero-order valence-electron chi connectivity index (χ0n) is 27.7. The first-order chi connectivity index (χ1) is 24.0. The molecule has 0 amide bonds. The highest BCUT2D eigenvalue weighted by atomic mass is 16.5. The summed E-state index contributed by atoms with van der Waals surface area (Å²) in [6, 6.07) is 62.0. The van der Waals surface area contributed by atoms with Gasteiger partial charge in [-0.15, -0.1) is 0 Å². The molecule has 2 atom stereocenters. The second kappa shape index (κ2) is 12.4. The van der Waals surface area contributed by atoms with Crippen LogP contribution in [0.5, 0.6) is 0 Å². The Morgan fingerprint density at radius 1 is 0.388 bits per heavy atom. The van der Waals surface area contributed by atoms with Gasteiger partial charge in [0.05, 0.1) is 0 Å². The minimum absolute atomic E-state index is 0.354. The van der Waals surface area contributed by atoms with E-state index in [-0.39, 0.29) is 12.1 Å². The third kappa shape index (κ3) is 5.07. The lowest BCUT2D eigenvalue weighted by atomic mass is 9.78. The number of rotatable bonds is 8. The van der Waals surface area contributed by atoms with Crippen LogP contribution >= 0.6 is 0 Å². The SMILES string of the molecule is CC(C)(C1=N[C@H](c2ccccc2)C(c2ccccc2)(c2ccccc2)O1)C1=N[C@H](c2ccccc2)C(c2ccccc2)(c2ccccc2)O1. The molecule has 49 heavy (non-hydrogen) atoms. The third-order valence-corrected chi connectivity index (χ3v) is 9.89. The van der Waals surface area contributed by atoms with E-state index >= 15 is 0 Å². The Morgan fingerprint density at radius 3 is 0.898 bits per heavy atom. The largest absolute Gasteiger partial charge is 0.461 e. The highest BCUT2D eigenvalue weighted by Crippen LogP contribution is 2.56. The first-order valence-corrected chi connectivity index (χ1v) is 16.9. The van der Waals surface area contributed by atoms with Gasteiger partial charge in [0.25, 0.3) is 0 Å². The standard InChI is InChI=1S/C45H38N2O2/c1-43(2,41-46-39(33-21-9-3-10-22-33)44(48-41,35-25-13-5-14-26-35)36-27-15-6-16-28-36)42-47-40(34-23-11-4-12-24-34)45(49-42,37-29-17-7-18-30-37)38-31-19-8-20-32-38/h3-32,39-40H,1-2H3/t39-,40-/m1/s1. The molecule has 240 valence electrons. The van der Waals surface area contributed by atoms with Crippen molar-refractivity contribution in [2.24, 2.45) is 15.4 Å². The fourth-order valence-electron chi connectivity index (χ4n) is 7.39. The quantitative estimate of drug-likeness (QED) is 0.167. The average Bonchev–Trinajstić information content (AvgIpc) is 3.80. The van der Waals surface area contributed by atoms with Crippen LogP contribution in [-0.4, -0.2) is 11.8 Å². The van der Waals surface area contributed by atoms with Crippen LogP contribution in [0.25, 0.3) is 0 Å². The molecule has 0 bridgehead atoms. The predicted octanol–water partition coefficient (Wildman–Crippen LogP) is 10.2. The van der Waals surface area contributed by atoms with Crippen LogP contribution < -0.4 is 0 Å². The Kier molecular flexibility index (Phi) is 7.72. The molecule has 4 nitrogen and oxygen atoms in total. The normalized spacial score (nSPS) is 19.3. The first kappa shape index (κ1) is 30.6. The first-order valence-electron chi connectivity index (χ1n) is 16.9. The molecule has 6 aromatic rings. The molecule has 2 aliphatic rings.